The van der Waals surface area contributed by atoms with E-state index in [1.807, 2.05) is 0 Å². The monoisotopic (exact) mass is 263 g/mol. The van der Waals surface area contributed by atoms with E-state index in [1.54, 1.807) is 5.48 Å². The van der Waals surface area contributed by atoms with E-state index < -0.39 is 0 Å². The number of benzene rings is 1. The summed E-state index contributed by atoms with van der Waals surface area (Å²) in [7, 11) is 0. The minimum atomic E-state index is -0.344. The van der Waals surface area contributed by atoms with Crippen LogP contribution in [0.3, 0.4) is 0 Å². The molecule has 5 nitrogen and oxygen atoms in total. The highest BCUT2D eigenvalue weighted by Gasteiger charge is 2.24. The van der Waals surface area contributed by atoms with Crippen molar-refractivity contribution in [1.29, 1.82) is 0 Å². The number of hydroxylamine groups is 1. The minimum absolute atomic E-state index is 0.0772. The third kappa shape index (κ3) is 3.45. The lowest BCUT2D eigenvalue weighted by Crippen LogP contribution is -2.53. The average molecular weight is 263 g/mol. The van der Waals surface area contributed by atoms with E-state index in [0.29, 0.717) is 6.42 Å². The van der Waals surface area contributed by atoms with E-state index in [0.717, 1.165) is 31.7 Å². The molecule has 1 aliphatic rings. The molecule has 1 saturated heterocycles. The van der Waals surface area contributed by atoms with Gasteiger partial charge in [0.1, 0.15) is 0 Å². The van der Waals surface area contributed by atoms with Crippen LogP contribution >= 0.6 is 0 Å². The highest BCUT2D eigenvalue weighted by atomic mass is 16.5. The molecule has 1 atom stereocenters. The summed E-state index contributed by atoms with van der Waals surface area (Å²) in [6.45, 7) is 4.67. The summed E-state index contributed by atoms with van der Waals surface area (Å²) < 4.78 is 0. The van der Waals surface area contributed by atoms with E-state index in [-0.39, 0.29) is 11.9 Å². The zero-order valence-electron chi connectivity index (χ0n) is 11.2. The number of hydrogen-bond acceptors (Lipinski definition) is 4. The van der Waals surface area contributed by atoms with Crippen LogP contribution in [-0.4, -0.2) is 36.8 Å². The van der Waals surface area contributed by atoms with Crippen molar-refractivity contribution in [2.45, 2.75) is 25.8 Å². The molecule has 1 aromatic rings. The van der Waals surface area contributed by atoms with E-state index in [1.165, 1.54) is 5.56 Å². The lowest BCUT2D eigenvalue weighted by atomic mass is 10.1. The lowest BCUT2D eigenvalue weighted by Gasteiger charge is -2.37. The van der Waals surface area contributed by atoms with Gasteiger partial charge in [0.25, 0.3) is 0 Å². The molecule has 0 aromatic heterocycles. The molecule has 104 valence electrons. The Bertz CT molecular complexity index is 419. The van der Waals surface area contributed by atoms with Gasteiger partial charge in [0.15, 0.2) is 0 Å². The number of piperazine rings is 1. The van der Waals surface area contributed by atoms with E-state index in [2.05, 4.69) is 41.4 Å². The maximum Gasteiger partial charge on any atom is 0.245 e. The molecule has 1 aliphatic heterocycles. The zero-order valence-corrected chi connectivity index (χ0v) is 11.2. The molecule has 1 heterocycles. The van der Waals surface area contributed by atoms with Gasteiger partial charge in [-0.3, -0.25) is 10.0 Å². The van der Waals surface area contributed by atoms with Crippen LogP contribution in [0.2, 0.25) is 0 Å². The first-order chi connectivity index (χ1) is 9.24. The molecule has 3 N–H and O–H groups in total. The molecule has 19 heavy (non-hydrogen) atoms. The van der Waals surface area contributed by atoms with Crippen molar-refractivity contribution in [2.75, 3.05) is 24.5 Å². The second kappa shape index (κ2) is 6.54. The van der Waals surface area contributed by atoms with Crippen LogP contribution in [0.1, 0.15) is 18.9 Å². The maximum absolute atomic E-state index is 11.3. The van der Waals surface area contributed by atoms with Crippen LogP contribution in [-0.2, 0) is 11.2 Å². The standard InChI is InChI=1S/C14H21N3O2/c1-2-11-3-5-12(6-4-11)17-8-7-15-10-13(17)9-14(18)16-19/h3-6,13,15,19H,2,7-10H2,1H3,(H,16,18). The first-order valence-electron chi connectivity index (χ1n) is 6.73. The molecule has 1 unspecified atom stereocenters. The lowest BCUT2D eigenvalue weighted by molar-refractivity contribution is -0.129. The van der Waals surface area contributed by atoms with Gasteiger partial charge in [-0.25, -0.2) is 5.48 Å². The number of amides is 1. The Kier molecular flexibility index (Phi) is 4.76. The second-order valence-corrected chi connectivity index (χ2v) is 4.81. The normalized spacial score (nSPS) is 19.3. The van der Waals surface area contributed by atoms with Crippen molar-refractivity contribution in [3.05, 3.63) is 29.8 Å². The molecule has 0 radical (unpaired) electrons. The first kappa shape index (κ1) is 13.8. The van der Waals surface area contributed by atoms with Crippen LogP contribution in [0, 0.1) is 0 Å². The largest absolute Gasteiger partial charge is 0.365 e. The number of aryl methyl sites for hydroxylation is 1. The molecular weight excluding hydrogens is 242 g/mol. The van der Waals surface area contributed by atoms with E-state index >= 15 is 0 Å². The van der Waals surface area contributed by atoms with Gasteiger partial charge < -0.3 is 10.2 Å². The summed E-state index contributed by atoms with van der Waals surface area (Å²) in [5.41, 5.74) is 4.15. The molecule has 0 bridgehead atoms. The predicted octanol–water partition coefficient (Wildman–Crippen LogP) is 0.923. The van der Waals surface area contributed by atoms with Crippen LogP contribution in [0.4, 0.5) is 5.69 Å². The topological polar surface area (TPSA) is 64.6 Å². The number of hydrogen-bond donors (Lipinski definition) is 3. The summed E-state index contributed by atoms with van der Waals surface area (Å²) in [4.78, 5) is 13.6. The summed E-state index contributed by atoms with van der Waals surface area (Å²) >= 11 is 0. The van der Waals surface area contributed by atoms with Crippen molar-refractivity contribution < 1.29 is 10.0 Å². The number of carbonyl (C=O) groups is 1. The number of nitrogens with zero attached hydrogens (tertiary/aromatic N) is 1. The minimum Gasteiger partial charge on any atom is -0.365 e. The number of rotatable bonds is 4. The van der Waals surface area contributed by atoms with Gasteiger partial charge in [0.2, 0.25) is 5.91 Å². The summed E-state index contributed by atoms with van der Waals surface area (Å²) in [5.74, 6) is -0.344. The van der Waals surface area contributed by atoms with E-state index in [9.17, 15) is 4.79 Å². The van der Waals surface area contributed by atoms with Crippen molar-refractivity contribution in [1.82, 2.24) is 10.8 Å². The van der Waals surface area contributed by atoms with Crippen LogP contribution in [0.25, 0.3) is 0 Å². The van der Waals surface area contributed by atoms with Gasteiger partial charge in [0.05, 0.1) is 12.5 Å². The third-order valence-corrected chi connectivity index (χ3v) is 3.57. The average Bonchev–Trinajstić information content (AvgIpc) is 2.48. The second-order valence-electron chi connectivity index (χ2n) is 4.81. The number of nitrogens with one attached hydrogen (secondary N) is 2. The number of anilines is 1. The quantitative estimate of drug-likeness (QED) is 0.558. The van der Waals surface area contributed by atoms with Crippen LogP contribution in [0.5, 0.6) is 0 Å². The molecule has 2 rings (SSSR count). The van der Waals surface area contributed by atoms with Gasteiger partial charge >= 0.3 is 0 Å². The van der Waals surface area contributed by atoms with Gasteiger partial charge in [-0.2, -0.15) is 0 Å². The summed E-state index contributed by atoms with van der Waals surface area (Å²) in [6, 6.07) is 8.54. The maximum atomic E-state index is 11.3. The van der Waals surface area contributed by atoms with Crippen molar-refractivity contribution in [3.63, 3.8) is 0 Å². The SMILES string of the molecule is CCc1ccc(N2CCNCC2CC(=O)NO)cc1. The Hall–Kier alpha value is -1.59. The summed E-state index contributed by atoms with van der Waals surface area (Å²) in [5, 5.41) is 11.9. The Labute approximate surface area is 113 Å². The Balaban J connectivity index is 2.11. The van der Waals surface area contributed by atoms with Gasteiger partial charge in [-0.15, -0.1) is 0 Å². The fraction of sp³-hybridized carbons (Fsp3) is 0.500. The fourth-order valence-corrected chi connectivity index (χ4v) is 2.47. The Morgan fingerprint density at radius 1 is 1.47 bits per heavy atom. The first-order valence-corrected chi connectivity index (χ1v) is 6.73. The fourth-order valence-electron chi connectivity index (χ4n) is 2.47. The Morgan fingerprint density at radius 2 is 2.21 bits per heavy atom. The third-order valence-electron chi connectivity index (χ3n) is 3.57. The smallest absolute Gasteiger partial charge is 0.245 e. The van der Waals surface area contributed by atoms with Crippen molar-refractivity contribution in [3.8, 4) is 0 Å². The molecule has 5 heteroatoms. The molecule has 0 spiro atoms. The van der Waals surface area contributed by atoms with Crippen LogP contribution < -0.4 is 15.7 Å². The van der Waals surface area contributed by atoms with Crippen LogP contribution in [0.15, 0.2) is 24.3 Å². The van der Waals surface area contributed by atoms with Gasteiger partial charge in [0, 0.05) is 25.3 Å². The Morgan fingerprint density at radius 3 is 2.84 bits per heavy atom. The number of carbonyl (C=O) groups excluding carboxylic acids is 1. The highest BCUT2D eigenvalue weighted by molar-refractivity contribution is 5.76. The van der Waals surface area contributed by atoms with Gasteiger partial charge in [-0.1, -0.05) is 19.1 Å². The molecule has 0 saturated carbocycles. The zero-order chi connectivity index (χ0) is 13.7. The highest BCUT2D eigenvalue weighted by Crippen LogP contribution is 2.20. The van der Waals surface area contributed by atoms with Crippen molar-refractivity contribution in [2.24, 2.45) is 0 Å². The summed E-state index contributed by atoms with van der Waals surface area (Å²) in [6.07, 6.45) is 1.32. The molecule has 1 amide bonds. The molecular formula is C14H21N3O2. The van der Waals surface area contributed by atoms with Gasteiger partial charge in [-0.05, 0) is 24.1 Å². The molecule has 1 aromatic carbocycles. The molecule has 1 fully saturated rings. The predicted molar refractivity (Wildman–Crippen MR) is 74.4 cm³/mol. The molecule has 0 aliphatic carbocycles. The van der Waals surface area contributed by atoms with E-state index in [4.69, 9.17) is 5.21 Å². The van der Waals surface area contributed by atoms with Crippen molar-refractivity contribution >= 4 is 11.6 Å².